The fourth-order valence-corrected chi connectivity index (χ4v) is 4.28. The van der Waals surface area contributed by atoms with Crippen molar-refractivity contribution in [3.8, 4) is 0 Å². The summed E-state index contributed by atoms with van der Waals surface area (Å²) in [7, 11) is -4.59. The summed E-state index contributed by atoms with van der Waals surface area (Å²) in [6, 6.07) is 5.63. The Balaban J connectivity index is 1.71. The van der Waals surface area contributed by atoms with E-state index in [4.69, 9.17) is 0 Å². The summed E-state index contributed by atoms with van der Waals surface area (Å²) in [4.78, 5) is 14.2. The van der Waals surface area contributed by atoms with Crippen LogP contribution in [-0.2, 0) is 21.1 Å². The maximum atomic E-state index is 12.6. The first kappa shape index (κ1) is 17.3. The lowest BCUT2D eigenvalue weighted by atomic mass is 10.1. The van der Waals surface area contributed by atoms with Gasteiger partial charge < -0.3 is 10.2 Å². The van der Waals surface area contributed by atoms with Crippen molar-refractivity contribution < 1.29 is 22.0 Å². The van der Waals surface area contributed by atoms with E-state index in [1.807, 2.05) is 4.90 Å². The molecular formula is C16H20F2N2O3S. The molecule has 2 saturated heterocycles. The van der Waals surface area contributed by atoms with Gasteiger partial charge >= 0.3 is 5.76 Å². The highest BCUT2D eigenvalue weighted by molar-refractivity contribution is 7.91. The molecule has 0 saturated carbocycles. The van der Waals surface area contributed by atoms with Gasteiger partial charge in [-0.3, -0.25) is 4.79 Å². The molecule has 8 heteroatoms. The van der Waals surface area contributed by atoms with Crippen molar-refractivity contribution in [3.63, 3.8) is 0 Å². The molecule has 2 fully saturated rings. The molecule has 1 aromatic carbocycles. The van der Waals surface area contributed by atoms with Gasteiger partial charge in [-0.25, -0.2) is 8.42 Å². The van der Waals surface area contributed by atoms with Crippen LogP contribution in [-0.4, -0.2) is 50.2 Å². The van der Waals surface area contributed by atoms with E-state index in [0.29, 0.717) is 5.56 Å². The summed E-state index contributed by atoms with van der Waals surface area (Å²) in [5.74, 6) is -3.43. The Labute approximate surface area is 139 Å². The van der Waals surface area contributed by atoms with Crippen molar-refractivity contribution in [2.24, 2.45) is 0 Å². The minimum atomic E-state index is -4.59. The molecule has 0 spiro atoms. The monoisotopic (exact) mass is 358 g/mol. The number of amides is 1. The van der Waals surface area contributed by atoms with Crippen LogP contribution >= 0.6 is 0 Å². The summed E-state index contributed by atoms with van der Waals surface area (Å²) in [6.45, 7) is 1.71. The van der Waals surface area contributed by atoms with Crippen LogP contribution in [0.25, 0.3) is 0 Å². The second kappa shape index (κ2) is 6.76. The Kier molecular flexibility index (Phi) is 4.87. The summed E-state index contributed by atoms with van der Waals surface area (Å²) >= 11 is 0. The van der Waals surface area contributed by atoms with Crippen LogP contribution in [0.4, 0.5) is 8.78 Å². The zero-order chi connectivity index (χ0) is 17.3. The minimum absolute atomic E-state index is 0.00988. The van der Waals surface area contributed by atoms with Crippen molar-refractivity contribution in [2.45, 2.75) is 48.4 Å². The van der Waals surface area contributed by atoms with Crippen LogP contribution in [0.15, 0.2) is 29.2 Å². The van der Waals surface area contributed by atoms with E-state index in [2.05, 4.69) is 5.32 Å². The third-order valence-electron chi connectivity index (χ3n) is 4.78. The topological polar surface area (TPSA) is 66.5 Å². The van der Waals surface area contributed by atoms with Crippen LogP contribution in [0.1, 0.15) is 24.8 Å². The molecule has 2 aliphatic rings. The molecule has 2 aliphatic heterocycles. The standard InChI is InChI=1S/C16H20F2N2O3S/c17-16(18)24(22,23)14-5-1-11(2-6-14)9-15(21)20-12-3-4-13(20)10-19-8-7-12/h1-2,5-6,12-13,16,19H,3-4,7-10H2. The van der Waals surface area contributed by atoms with Gasteiger partial charge in [0, 0.05) is 18.6 Å². The van der Waals surface area contributed by atoms with Gasteiger partial charge in [-0.15, -0.1) is 0 Å². The molecule has 132 valence electrons. The van der Waals surface area contributed by atoms with Gasteiger partial charge in [0.15, 0.2) is 0 Å². The molecule has 2 bridgehead atoms. The number of halogens is 2. The Bertz CT molecular complexity index is 693. The zero-order valence-electron chi connectivity index (χ0n) is 13.1. The van der Waals surface area contributed by atoms with Gasteiger partial charge in [0.1, 0.15) is 0 Å². The molecule has 1 N–H and O–H groups in total. The Morgan fingerprint density at radius 2 is 1.83 bits per heavy atom. The van der Waals surface area contributed by atoms with Gasteiger partial charge in [-0.2, -0.15) is 8.78 Å². The van der Waals surface area contributed by atoms with Crippen LogP contribution in [0, 0.1) is 0 Å². The number of hydrogen-bond acceptors (Lipinski definition) is 4. The van der Waals surface area contributed by atoms with Crippen molar-refractivity contribution >= 4 is 15.7 Å². The molecule has 0 aromatic heterocycles. The van der Waals surface area contributed by atoms with Crippen molar-refractivity contribution in [1.29, 1.82) is 0 Å². The lowest BCUT2D eigenvalue weighted by molar-refractivity contribution is -0.133. The number of carbonyl (C=O) groups excluding carboxylic acids is 1. The van der Waals surface area contributed by atoms with Gasteiger partial charge in [-0.05, 0) is 43.5 Å². The van der Waals surface area contributed by atoms with Crippen LogP contribution in [0.5, 0.6) is 0 Å². The van der Waals surface area contributed by atoms with Gasteiger partial charge in [0.25, 0.3) is 0 Å². The Morgan fingerprint density at radius 1 is 1.17 bits per heavy atom. The minimum Gasteiger partial charge on any atom is -0.335 e. The average Bonchev–Trinajstić information content (AvgIpc) is 2.80. The first-order valence-corrected chi connectivity index (χ1v) is 9.57. The zero-order valence-corrected chi connectivity index (χ0v) is 13.9. The highest BCUT2D eigenvalue weighted by Gasteiger charge is 2.37. The number of hydrogen-bond donors (Lipinski definition) is 1. The number of benzene rings is 1. The highest BCUT2D eigenvalue weighted by Crippen LogP contribution is 2.28. The van der Waals surface area contributed by atoms with Crippen LogP contribution in [0.2, 0.25) is 0 Å². The largest absolute Gasteiger partial charge is 0.341 e. The van der Waals surface area contributed by atoms with Gasteiger partial charge in [0.05, 0.1) is 11.3 Å². The molecular weight excluding hydrogens is 338 g/mol. The molecule has 2 atom stereocenters. The molecule has 0 radical (unpaired) electrons. The molecule has 0 aliphatic carbocycles. The predicted molar refractivity (Wildman–Crippen MR) is 84.5 cm³/mol. The number of alkyl halides is 2. The number of fused-ring (bicyclic) bond motifs is 2. The molecule has 1 aromatic rings. The van der Waals surface area contributed by atoms with Gasteiger partial charge in [0.2, 0.25) is 15.7 Å². The Morgan fingerprint density at radius 3 is 2.50 bits per heavy atom. The quantitative estimate of drug-likeness (QED) is 0.887. The van der Waals surface area contributed by atoms with E-state index in [0.717, 1.165) is 44.5 Å². The smallest absolute Gasteiger partial charge is 0.335 e. The van der Waals surface area contributed by atoms with E-state index < -0.39 is 20.5 Å². The third-order valence-corrected chi connectivity index (χ3v) is 6.18. The summed E-state index contributed by atoms with van der Waals surface area (Å²) in [6.07, 6.45) is 3.11. The van der Waals surface area contributed by atoms with Crippen molar-refractivity contribution in [3.05, 3.63) is 29.8 Å². The fourth-order valence-electron chi connectivity index (χ4n) is 3.56. The predicted octanol–water partition coefficient (Wildman–Crippen LogP) is 1.58. The van der Waals surface area contributed by atoms with E-state index >= 15 is 0 Å². The first-order chi connectivity index (χ1) is 11.4. The SMILES string of the molecule is O=C(Cc1ccc(S(=O)(=O)C(F)F)cc1)N1C2CCNCC1CC2. The molecule has 2 heterocycles. The maximum absolute atomic E-state index is 12.6. The lowest BCUT2D eigenvalue weighted by Gasteiger charge is -2.28. The first-order valence-electron chi connectivity index (χ1n) is 8.02. The van der Waals surface area contributed by atoms with Gasteiger partial charge in [-0.1, -0.05) is 12.1 Å². The second-order valence-corrected chi connectivity index (χ2v) is 8.22. The average molecular weight is 358 g/mol. The second-order valence-electron chi connectivity index (χ2n) is 6.31. The summed E-state index contributed by atoms with van der Waals surface area (Å²) < 4.78 is 47.9. The molecule has 2 unspecified atom stereocenters. The van der Waals surface area contributed by atoms with Crippen molar-refractivity contribution in [2.75, 3.05) is 13.1 Å². The lowest BCUT2D eigenvalue weighted by Crippen LogP contribution is -2.43. The number of sulfone groups is 1. The third kappa shape index (κ3) is 3.30. The van der Waals surface area contributed by atoms with E-state index in [9.17, 15) is 22.0 Å². The summed E-state index contributed by atoms with van der Waals surface area (Å²) in [5.41, 5.74) is 0.629. The maximum Gasteiger partial charge on any atom is 0.341 e. The Hall–Kier alpha value is -1.54. The molecule has 1 amide bonds. The molecule has 24 heavy (non-hydrogen) atoms. The number of carbonyl (C=O) groups is 1. The molecule has 3 rings (SSSR count). The summed E-state index contributed by atoms with van der Waals surface area (Å²) in [5, 5.41) is 3.33. The van der Waals surface area contributed by atoms with E-state index in [-0.39, 0.29) is 24.4 Å². The van der Waals surface area contributed by atoms with Crippen LogP contribution in [0.3, 0.4) is 0 Å². The van der Waals surface area contributed by atoms with Crippen molar-refractivity contribution in [1.82, 2.24) is 10.2 Å². The highest BCUT2D eigenvalue weighted by atomic mass is 32.2. The molecule has 5 nitrogen and oxygen atoms in total. The van der Waals surface area contributed by atoms with E-state index in [1.165, 1.54) is 12.1 Å². The fraction of sp³-hybridized carbons (Fsp3) is 0.562. The number of nitrogens with one attached hydrogen (secondary N) is 1. The number of nitrogens with zero attached hydrogens (tertiary/aromatic N) is 1. The number of rotatable bonds is 4. The van der Waals surface area contributed by atoms with E-state index in [1.54, 1.807) is 0 Å². The normalized spacial score (nSPS) is 24.2. The van der Waals surface area contributed by atoms with Crippen LogP contribution < -0.4 is 5.32 Å².